The number of amides is 2. The number of ether oxygens (including phenoxy) is 2. The van der Waals surface area contributed by atoms with Crippen LogP contribution in [-0.2, 0) is 4.79 Å². The molecule has 0 aliphatic carbocycles. The van der Waals surface area contributed by atoms with Crippen LogP contribution in [0, 0.1) is 5.92 Å². The van der Waals surface area contributed by atoms with Gasteiger partial charge in [-0.25, -0.2) is 0 Å². The second kappa shape index (κ2) is 10.6. The third-order valence-corrected chi connectivity index (χ3v) is 4.87. The van der Waals surface area contributed by atoms with E-state index in [0.29, 0.717) is 54.1 Å². The van der Waals surface area contributed by atoms with Gasteiger partial charge in [-0.2, -0.15) is 0 Å². The Morgan fingerprint density at radius 3 is 2.75 bits per heavy atom. The fourth-order valence-electron chi connectivity index (χ4n) is 3.22. The van der Waals surface area contributed by atoms with Crippen molar-refractivity contribution in [3.63, 3.8) is 0 Å². The number of hydrogen-bond acceptors (Lipinski definition) is 4. The van der Waals surface area contributed by atoms with E-state index in [1.807, 2.05) is 20.8 Å². The first-order valence-electron chi connectivity index (χ1n) is 9.94. The highest BCUT2D eigenvalue weighted by Gasteiger charge is 2.27. The minimum absolute atomic E-state index is 0.0113. The number of carbonyl (C=O) groups excluding carboxylic acids is 2. The Kier molecular flexibility index (Phi) is 8.42. The standard InChI is InChI=1S/C21H31ClN2O4/c1-5-7-19(25)23-16-8-6-9-24(12-16)21(26)15-10-17(22)20(18(11-15)27-4)28-13-14(2)3/h10-11,14,16H,5-9,12-13H2,1-4H3,(H,23,25). The van der Waals surface area contributed by atoms with Gasteiger partial charge in [-0.3, -0.25) is 9.59 Å². The summed E-state index contributed by atoms with van der Waals surface area (Å²) >= 11 is 6.38. The van der Waals surface area contributed by atoms with E-state index < -0.39 is 0 Å². The number of rotatable bonds is 8. The minimum Gasteiger partial charge on any atom is -0.493 e. The van der Waals surface area contributed by atoms with Crippen LogP contribution >= 0.6 is 11.6 Å². The zero-order chi connectivity index (χ0) is 20.7. The van der Waals surface area contributed by atoms with Gasteiger partial charge in [0, 0.05) is 31.1 Å². The Morgan fingerprint density at radius 2 is 2.11 bits per heavy atom. The monoisotopic (exact) mass is 410 g/mol. The van der Waals surface area contributed by atoms with E-state index in [4.69, 9.17) is 21.1 Å². The molecule has 1 aromatic carbocycles. The van der Waals surface area contributed by atoms with Gasteiger partial charge in [0.15, 0.2) is 11.5 Å². The fourth-order valence-corrected chi connectivity index (χ4v) is 3.49. The summed E-state index contributed by atoms with van der Waals surface area (Å²) in [7, 11) is 1.53. The van der Waals surface area contributed by atoms with Gasteiger partial charge >= 0.3 is 0 Å². The molecule has 7 heteroatoms. The lowest BCUT2D eigenvalue weighted by molar-refractivity contribution is -0.122. The summed E-state index contributed by atoms with van der Waals surface area (Å²) in [6.07, 6.45) is 3.05. The van der Waals surface area contributed by atoms with Gasteiger partial charge in [-0.1, -0.05) is 32.4 Å². The second-order valence-electron chi connectivity index (χ2n) is 7.60. The zero-order valence-corrected chi connectivity index (χ0v) is 18.0. The van der Waals surface area contributed by atoms with Crippen LogP contribution in [0.4, 0.5) is 0 Å². The molecule has 156 valence electrons. The van der Waals surface area contributed by atoms with Crippen molar-refractivity contribution in [1.29, 1.82) is 0 Å². The summed E-state index contributed by atoms with van der Waals surface area (Å²) in [6, 6.07) is 3.28. The quantitative estimate of drug-likeness (QED) is 0.705. The molecule has 28 heavy (non-hydrogen) atoms. The van der Waals surface area contributed by atoms with Crippen LogP contribution in [0.2, 0.25) is 5.02 Å². The lowest BCUT2D eigenvalue weighted by Gasteiger charge is -2.33. The smallest absolute Gasteiger partial charge is 0.254 e. The van der Waals surface area contributed by atoms with Gasteiger partial charge < -0.3 is 19.7 Å². The summed E-state index contributed by atoms with van der Waals surface area (Å²) in [5.74, 6) is 1.16. The van der Waals surface area contributed by atoms with Crippen molar-refractivity contribution in [3.05, 3.63) is 22.7 Å². The summed E-state index contributed by atoms with van der Waals surface area (Å²) in [5.41, 5.74) is 0.458. The number of methoxy groups -OCH3 is 1. The Hall–Kier alpha value is -1.95. The summed E-state index contributed by atoms with van der Waals surface area (Å²) in [6.45, 7) is 7.73. The number of nitrogens with one attached hydrogen (secondary N) is 1. The number of piperidine rings is 1. The van der Waals surface area contributed by atoms with Crippen LogP contribution in [0.1, 0.15) is 56.8 Å². The Bertz CT molecular complexity index is 693. The molecular weight excluding hydrogens is 380 g/mol. The molecule has 1 heterocycles. The van der Waals surface area contributed by atoms with E-state index in [1.54, 1.807) is 17.0 Å². The van der Waals surface area contributed by atoms with Crippen LogP contribution in [0.3, 0.4) is 0 Å². The highest BCUT2D eigenvalue weighted by molar-refractivity contribution is 6.32. The highest BCUT2D eigenvalue weighted by atomic mass is 35.5. The Labute approximate surface area is 172 Å². The minimum atomic E-state index is -0.120. The van der Waals surface area contributed by atoms with E-state index in [9.17, 15) is 9.59 Å². The normalized spacial score (nSPS) is 16.8. The lowest BCUT2D eigenvalue weighted by Crippen LogP contribution is -2.49. The van der Waals surface area contributed by atoms with Crippen LogP contribution < -0.4 is 14.8 Å². The SMILES string of the molecule is CCCC(=O)NC1CCCN(C(=O)c2cc(Cl)c(OCC(C)C)c(OC)c2)C1. The lowest BCUT2D eigenvalue weighted by atomic mass is 10.0. The van der Waals surface area contributed by atoms with E-state index in [2.05, 4.69) is 5.32 Å². The molecule has 1 aliphatic heterocycles. The molecule has 1 N–H and O–H groups in total. The van der Waals surface area contributed by atoms with E-state index in [-0.39, 0.29) is 17.9 Å². The number of hydrogen-bond donors (Lipinski definition) is 1. The van der Waals surface area contributed by atoms with Gasteiger partial charge in [0.05, 0.1) is 18.7 Å². The second-order valence-corrected chi connectivity index (χ2v) is 8.01. The van der Waals surface area contributed by atoms with Crippen molar-refractivity contribution < 1.29 is 19.1 Å². The van der Waals surface area contributed by atoms with Crippen LogP contribution in [0.5, 0.6) is 11.5 Å². The average Bonchev–Trinajstić information content (AvgIpc) is 2.66. The largest absolute Gasteiger partial charge is 0.493 e. The van der Waals surface area contributed by atoms with Crippen molar-refractivity contribution in [3.8, 4) is 11.5 Å². The number of halogens is 1. The van der Waals surface area contributed by atoms with Gasteiger partial charge in [0.2, 0.25) is 5.91 Å². The predicted octanol–water partition coefficient (Wildman–Crippen LogP) is 3.90. The predicted molar refractivity (Wildman–Crippen MR) is 110 cm³/mol. The number of carbonyl (C=O) groups is 2. The molecule has 2 rings (SSSR count). The third kappa shape index (κ3) is 6.03. The first-order chi connectivity index (χ1) is 13.3. The van der Waals surface area contributed by atoms with Gasteiger partial charge in [-0.05, 0) is 37.3 Å². The number of likely N-dealkylation sites (tertiary alicyclic amines) is 1. The van der Waals surface area contributed by atoms with E-state index in [0.717, 1.165) is 19.3 Å². The maximum Gasteiger partial charge on any atom is 0.254 e. The van der Waals surface area contributed by atoms with Crippen LogP contribution in [0.15, 0.2) is 12.1 Å². The molecule has 1 aromatic rings. The molecule has 0 saturated carbocycles. The number of benzene rings is 1. The van der Waals surface area contributed by atoms with Gasteiger partial charge in [-0.15, -0.1) is 0 Å². The molecule has 0 aromatic heterocycles. The van der Waals surface area contributed by atoms with Crippen molar-refractivity contribution >= 4 is 23.4 Å². The van der Waals surface area contributed by atoms with Crippen molar-refractivity contribution in [2.45, 2.75) is 52.5 Å². The van der Waals surface area contributed by atoms with Gasteiger partial charge in [0.25, 0.3) is 5.91 Å². The van der Waals surface area contributed by atoms with Crippen LogP contribution in [0.25, 0.3) is 0 Å². The van der Waals surface area contributed by atoms with Crippen LogP contribution in [-0.4, -0.2) is 49.6 Å². The molecule has 1 aliphatic rings. The molecule has 0 bridgehead atoms. The fraction of sp³-hybridized carbons (Fsp3) is 0.619. The number of nitrogens with zero attached hydrogens (tertiary/aromatic N) is 1. The van der Waals surface area contributed by atoms with Crippen molar-refractivity contribution in [2.75, 3.05) is 26.8 Å². The molecular formula is C21H31ClN2O4. The maximum atomic E-state index is 13.0. The Balaban J connectivity index is 2.12. The molecule has 1 atom stereocenters. The maximum absolute atomic E-state index is 13.0. The van der Waals surface area contributed by atoms with Crippen molar-refractivity contribution in [1.82, 2.24) is 10.2 Å². The molecule has 6 nitrogen and oxygen atoms in total. The summed E-state index contributed by atoms with van der Waals surface area (Å²) in [5, 5.41) is 3.38. The van der Waals surface area contributed by atoms with Crippen molar-refractivity contribution in [2.24, 2.45) is 5.92 Å². The summed E-state index contributed by atoms with van der Waals surface area (Å²) in [4.78, 5) is 26.6. The summed E-state index contributed by atoms with van der Waals surface area (Å²) < 4.78 is 11.2. The highest BCUT2D eigenvalue weighted by Crippen LogP contribution is 2.37. The van der Waals surface area contributed by atoms with E-state index >= 15 is 0 Å². The molecule has 1 unspecified atom stereocenters. The molecule has 0 radical (unpaired) electrons. The zero-order valence-electron chi connectivity index (χ0n) is 17.2. The topological polar surface area (TPSA) is 67.9 Å². The first-order valence-corrected chi connectivity index (χ1v) is 10.3. The third-order valence-electron chi connectivity index (χ3n) is 4.59. The first kappa shape index (κ1) is 22.3. The molecule has 0 spiro atoms. The molecule has 1 saturated heterocycles. The molecule has 1 fully saturated rings. The average molecular weight is 411 g/mol. The molecule has 2 amide bonds. The van der Waals surface area contributed by atoms with Gasteiger partial charge in [0.1, 0.15) is 0 Å². The Morgan fingerprint density at radius 1 is 1.36 bits per heavy atom. The van der Waals surface area contributed by atoms with E-state index in [1.165, 1.54) is 7.11 Å².